The summed E-state index contributed by atoms with van der Waals surface area (Å²) in [4.78, 5) is 2.35. The maximum atomic E-state index is 6.34. The number of anilines is 2. The van der Waals surface area contributed by atoms with Crippen molar-refractivity contribution < 1.29 is 9.22 Å². The minimum absolute atomic E-state index is 0.0526. The summed E-state index contributed by atoms with van der Waals surface area (Å²) >= 11 is 0. The van der Waals surface area contributed by atoms with Gasteiger partial charge in [0.1, 0.15) is 11.4 Å². The molecule has 0 amide bonds. The first-order valence-corrected chi connectivity index (χ1v) is 8.02. The van der Waals surface area contributed by atoms with Crippen LogP contribution in [0.15, 0.2) is 54.7 Å². The molecule has 0 saturated heterocycles. The van der Waals surface area contributed by atoms with Crippen molar-refractivity contribution in [2.24, 2.45) is 0 Å². The van der Waals surface area contributed by atoms with Crippen LogP contribution in [0.1, 0.15) is 11.1 Å². The van der Waals surface area contributed by atoms with E-state index in [9.17, 15) is 0 Å². The molecule has 0 N–H and O–H groups in total. The molecule has 3 aromatic rings. The second-order valence-electron chi connectivity index (χ2n) is 6.56. The Morgan fingerprint density at radius 2 is 2.04 bits per heavy atom. The standard InChI is InChI=1S/C19H14BN2O/c1-12-7-8-17-16(10-12)22-15-6-3-9-21-11-13-4-2-5-14(20(22)23-17)18(13)19(15)21/h2-10H,11H2,1H3/q+1. The zero-order valence-electron chi connectivity index (χ0n) is 12.8. The van der Waals surface area contributed by atoms with E-state index in [0.717, 1.165) is 12.3 Å². The Bertz CT molecular complexity index is 1010. The fourth-order valence-corrected chi connectivity index (χ4v) is 4.24. The normalized spacial score (nSPS) is 15.2. The number of aromatic nitrogens is 1. The molecule has 1 aromatic heterocycles. The molecule has 3 nitrogen and oxygen atoms in total. The number of pyridine rings is 1. The molecule has 0 atom stereocenters. The summed E-state index contributed by atoms with van der Waals surface area (Å²) in [5.41, 5.74) is 9.05. The molecule has 23 heavy (non-hydrogen) atoms. The summed E-state index contributed by atoms with van der Waals surface area (Å²) in [6.07, 6.45) is 2.18. The molecular formula is C19H14BN2O+. The van der Waals surface area contributed by atoms with E-state index in [1.807, 2.05) is 0 Å². The largest absolute Gasteiger partial charge is 0.536 e. The third kappa shape index (κ3) is 1.31. The van der Waals surface area contributed by atoms with Gasteiger partial charge >= 0.3 is 7.05 Å². The van der Waals surface area contributed by atoms with Crippen LogP contribution in [-0.4, -0.2) is 7.05 Å². The number of aryl methyl sites for hydroxylation is 1. The molecule has 3 aliphatic heterocycles. The molecule has 4 heteroatoms. The molecule has 0 bridgehead atoms. The van der Waals surface area contributed by atoms with E-state index in [2.05, 4.69) is 71.0 Å². The number of hydrogen-bond acceptors (Lipinski definition) is 2. The highest BCUT2D eigenvalue weighted by molar-refractivity contribution is 6.77. The van der Waals surface area contributed by atoms with Crippen LogP contribution in [0.5, 0.6) is 5.75 Å². The lowest BCUT2D eigenvalue weighted by Gasteiger charge is -2.27. The highest BCUT2D eigenvalue weighted by Crippen LogP contribution is 2.47. The Hall–Kier alpha value is -2.75. The fourth-order valence-electron chi connectivity index (χ4n) is 4.24. The van der Waals surface area contributed by atoms with Gasteiger partial charge in [-0.05, 0) is 30.7 Å². The molecule has 4 heterocycles. The van der Waals surface area contributed by atoms with E-state index >= 15 is 0 Å². The smallest absolute Gasteiger partial charge is 0.525 e. The van der Waals surface area contributed by atoms with Gasteiger partial charge in [0.25, 0.3) is 0 Å². The van der Waals surface area contributed by atoms with Crippen LogP contribution >= 0.6 is 0 Å². The maximum Gasteiger partial charge on any atom is 0.525 e. The van der Waals surface area contributed by atoms with Crippen molar-refractivity contribution in [2.75, 3.05) is 4.81 Å². The highest BCUT2D eigenvalue weighted by atomic mass is 16.5. The summed E-state index contributed by atoms with van der Waals surface area (Å²) in [6, 6.07) is 17.4. The van der Waals surface area contributed by atoms with E-state index in [-0.39, 0.29) is 7.05 Å². The Morgan fingerprint density at radius 1 is 1.09 bits per heavy atom. The third-order valence-corrected chi connectivity index (χ3v) is 5.18. The van der Waals surface area contributed by atoms with E-state index in [1.165, 1.54) is 39.2 Å². The van der Waals surface area contributed by atoms with E-state index < -0.39 is 0 Å². The monoisotopic (exact) mass is 297 g/mol. The number of nitrogens with zero attached hydrogens (tertiary/aromatic N) is 2. The molecule has 0 radical (unpaired) electrons. The summed E-state index contributed by atoms with van der Waals surface area (Å²) < 4.78 is 8.70. The van der Waals surface area contributed by atoms with Gasteiger partial charge in [-0.15, -0.1) is 0 Å². The molecular weight excluding hydrogens is 283 g/mol. The Kier molecular flexibility index (Phi) is 1.93. The third-order valence-electron chi connectivity index (χ3n) is 5.18. The second kappa shape index (κ2) is 3.77. The van der Waals surface area contributed by atoms with Crippen LogP contribution < -0.4 is 19.5 Å². The lowest BCUT2D eigenvalue weighted by molar-refractivity contribution is -0.671. The summed E-state index contributed by atoms with van der Waals surface area (Å²) in [5, 5.41) is 0. The number of hydrogen-bond donors (Lipinski definition) is 0. The number of rotatable bonds is 0. The van der Waals surface area contributed by atoms with Crippen LogP contribution in [0.2, 0.25) is 0 Å². The van der Waals surface area contributed by atoms with Crippen molar-refractivity contribution in [3.05, 3.63) is 65.9 Å². The quantitative estimate of drug-likeness (QED) is 0.366. The van der Waals surface area contributed by atoms with Crippen LogP contribution in [0.3, 0.4) is 0 Å². The van der Waals surface area contributed by atoms with Crippen molar-refractivity contribution in [3.63, 3.8) is 0 Å². The molecule has 0 saturated carbocycles. The SMILES string of the molecule is Cc1ccc2c(c1)N1B(O2)c2cccc3c2-c2c1ccc[n+]2C3. The van der Waals surface area contributed by atoms with Gasteiger partial charge in [0.2, 0.25) is 5.69 Å². The fraction of sp³-hybridized carbons (Fsp3) is 0.105. The molecule has 2 aromatic carbocycles. The van der Waals surface area contributed by atoms with Crippen molar-refractivity contribution in [2.45, 2.75) is 13.5 Å². The predicted octanol–water partition coefficient (Wildman–Crippen LogP) is 2.55. The Balaban J connectivity index is 1.73. The van der Waals surface area contributed by atoms with Gasteiger partial charge < -0.3 is 9.47 Å². The van der Waals surface area contributed by atoms with Gasteiger partial charge in [0.15, 0.2) is 12.7 Å². The van der Waals surface area contributed by atoms with Gasteiger partial charge in [-0.2, -0.15) is 4.57 Å². The molecule has 0 fully saturated rings. The molecule has 0 aliphatic carbocycles. The molecule has 3 aliphatic rings. The van der Waals surface area contributed by atoms with Gasteiger partial charge in [-0.1, -0.05) is 24.3 Å². The molecule has 108 valence electrons. The van der Waals surface area contributed by atoms with Crippen molar-refractivity contribution in [3.8, 4) is 17.0 Å². The predicted molar refractivity (Wildman–Crippen MR) is 90.5 cm³/mol. The average Bonchev–Trinajstić information content (AvgIpc) is 3.12. The van der Waals surface area contributed by atoms with Crippen molar-refractivity contribution >= 4 is 23.9 Å². The Morgan fingerprint density at radius 3 is 3.00 bits per heavy atom. The summed E-state index contributed by atoms with van der Waals surface area (Å²) in [6.45, 7) is 3.08. The lowest BCUT2D eigenvalue weighted by Crippen LogP contribution is -2.51. The van der Waals surface area contributed by atoms with E-state index in [4.69, 9.17) is 4.65 Å². The van der Waals surface area contributed by atoms with Gasteiger partial charge in [-0.25, -0.2) is 0 Å². The Labute approximate surface area is 134 Å². The van der Waals surface area contributed by atoms with Crippen molar-refractivity contribution in [1.82, 2.24) is 0 Å². The molecule has 0 unspecified atom stereocenters. The van der Waals surface area contributed by atoms with E-state index in [0.29, 0.717) is 0 Å². The summed E-state index contributed by atoms with van der Waals surface area (Å²) in [7, 11) is -0.0526. The number of benzene rings is 2. The first kappa shape index (κ1) is 11.8. The molecule has 6 rings (SSSR count). The van der Waals surface area contributed by atoms with Crippen LogP contribution in [0, 0.1) is 6.92 Å². The minimum Gasteiger partial charge on any atom is -0.536 e. The molecule has 0 spiro atoms. The maximum absolute atomic E-state index is 6.34. The van der Waals surface area contributed by atoms with Crippen LogP contribution in [0.25, 0.3) is 11.3 Å². The zero-order valence-corrected chi connectivity index (χ0v) is 12.8. The van der Waals surface area contributed by atoms with Crippen LogP contribution in [0.4, 0.5) is 11.4 Å². The van der Waals surface area contributed by atoms with E-state index in [1.54, 1.807) is 0 Å². The average molecular weight is 297 g/mol. The van der Waals surface area contributed by atoms with Gasteiger partial charge in [-0.3, -0.25) is 0 Å². The summed E-state index contributed by atoms with van der Waals surface area (Å²) in [5.74, 6) is 0.973. The zero-order chi connectivity index (χ0) is 15.1. The first-order valence-electron chi connectivity index (χ1n) is 8.02. The van der Waals surface area contributed by atoms with Gasteiger partial charge in [0, 0.05) is 17.1 Å². The van der Waals surface area contributed by atoms with Gasteiger partial charge in [0.05, 0.1) is 11.3 Å². The second-order valence-corrected chi connectivity index (χ2v) is 6.56. The number of fused-ring (bicyclic) bond motifs is 5. The first-order chi connectivity index (χ1) is 11.3. The highest BCUT2D eigenvalue weighted by Gasteiger charge is 2.50. The van der Waals surface area contributed by atoms with Crippen LogP contribution in [-0.2, 0) is 6.54 Å². The van der Waals surface area contributed by atoms with Crippen molar-refractivity contribution in [1.29, 1.82) is 0 Å². The minimum atomic E-state index is -0.0526. The lowest BCUT2D eigenvalue weighted by atomic mass is 9.65. The topological polar surface area (TPSA) is 16.4 Å².